The number of aromatic nitrogens is 1. The van der Waals surface area contributed by atoms with Crippen LogP contribution in [-0.2, 0) is 0 Å². The zero-order chi connectivity index (χ0) is 14.7. The van der Waals surface area contributed by atoms with Gasteiger partial charge in [-0.25, -0.2) is 0 Å². The van der Waals surface area contributed by atoms with Gasteiger partial charge in [0.15, 0.2) is 0 Å². The number of aromatic amines is 1. The van der Waals surface area contributed by atoms with Gasteiger partial charge in [0.05, 0.1) is 11.1 Å². The van der Waals surface area contributed by atoms with Gasteiger partial charge in [-0.05, 0) is 37.9 Å². The van der Waals surface area contributed by atoms with Crippen molar-refractivity contribution in [2.24, 2.45) is 0 Å². The maximum atomic E-state index is 12.9. The summed E-state index contributed by atoms with van der Waals surface area (Å²) in [4.78, 5) is 18.1. The highest BCUT2D eigenvalue weighted by Gasteiger charge is 2.23. The Labute approximate surface area is 125 Å². The number of amides is 1. The summed E-state index contributed by atoms with van der Waals surface area (Å²) in [7, 11) is 0. The molecule has 21 heavy (non-hydrogen) atoms. The van der Waals surface area contributed by atoms with Crippen molar-refractivity contribution in [2.75, 3.05) is 19.6 Å². The highest BCUT2D eigenvalue weighted by Crippen LogP contribution is 2.19. The Bertz CT molecular complexity index is 613. The summed E-state index contributed by atoms with van der Waals surface area (Å²) < 4.78 is 0. The van der Waals surface area contributed by atoms with Crippen molar-refractivity contribution in [1.82, 2.24) is 15.2 Å². The van der Waals surface area contributed by atoms with Crippen molar-refractivity contribution in [1.29, 1.82) is 0 Å². The van der Waals surface area contributed by atoms with E-state index in [-0.39, 0.29) is 5.91 Å². The normalized spacial score (nSPS) is 18.2. The molecule has 2 heterocycles. The van der Waals surface area contributed by atoms with Gasteiger partial charge in [0.1, 0.15) is 0 Å². The first-order chi connectivity index (χ1) is 10.3. The van der Waals surface area contributed by atoms with E-state index in [0.717, 1.165) is 42.5 Å². The van der Waals surface area contributed by atoms with Gasteiger partial charge in [0, 0.05) is 30.7 Å². The van der Waals surface area contributed by atoms with Crippen LogP contribution < -0.4 is 5.32 Å². The van der Waals surface area contributed by atoms with Gasteiger partial charge >= 0.3 is 0 Å². The Balaban J connectivity index is 1.84. The number of rotatable bonds is 5. The first-order valence-electron chi connectivity index (χ1n) is 7.88. The van der Waals surface area contributed by atoms with Crippen LogP contribution in [-0.4, -0.2) is 41.5 Å². The van der Waals surface area contributed by atoms with E-state index in [1.54, 1.807) is 0 Å². The predicted molar refractivity (Wildman–Crippen MR) is 85.5 cm³/mol. The summed E-state index contributed by atoms with van der Waals surface area (Å²) in [5, 5.41) is 4.58. The fraction of sp³-hybridized carbons (Fsp3) is 0.471. The Hall–Kier alpha value is -1.81. The van der Waals surface area contributed by atoms with Gasteiger partial charge in [-0.15, -0.1) is 0 Å². The number of carbonyl (C=O) groups excluding carboxylic acids is 1. The number of carbonyl (C=O) groups is 1. The minimum atomic E-state index is 0.138. The molecule has 4 nitrogen and oxygen atoms in total. The molecule has 1 fully saturated rings. The van der Waals surface area contributed by atoms with Crippen LogP contribution in [0.4, 0.5) is 0 Å². The van der Waals surface area contributed by atoms with Crippen LogP contribution in [0.25, 0.3) is 10.9 Å². The second kappa shape index (κ2) is 6.31. The molecule has 1 aromatic carbocycles. The van der Waals surface area contributed by atoms with E-state index >= 15 is 0 Å². The minimum Gasteiger partial charge on any atom is -0.361 e. The summed E-state index contributed by atoms with van der Waals surface area (Å²) in [6.45, 7) is 4.82. The molecule has 1 aliphatic heterocycles. The minimum absolute atomic E-state index is 0.138. The number of benzene rings is 1. The number of hydrogen-bond donors (Lipinski definition) is 2. The zero-order valence-electron chi connectivity index (χ0n) is 12.6. The van der Waals surface area contributed by atoms with Gasteiger partial charge in [-0.2, -0.15) is 0 Å². The van der Waals surface area contributed by atoms with Gasteiger partial charge in [0.25, 0.3) is 5.91 Å². The zero-order valence-corrected chi connectivity index (χ0v) is 12.6. The highest BCUT2D eigenvalue weighted by molar-refractivity contribution is 6.05. The molecule has 1 unspecified atom stereocenters. The Morgan fingerprint density at radius 3 is 3.05 bits per heavy atom. The SMILES string of the molecule is CCCN(CC1CCCN1)C(=O)c1cccc2cc[nH]c12. The molecular weight excluding hydrogens is 262 g/mol. The molecule has 0 bridgehead atoms. The van der Waals surface area contributed by atoms with Gasteiger partial charge in [-0.3, -0.25) is 4.79 Å². The van der Waals surface area contributed by atoms with Gasteiger partial charge in [-0.1, -0.05) is 19.1 Å². The summed E-state index contributed by atoms with van der Waals surface area (Å²) in [6, 6.07) is 8.37. The number of H-pyrrole nitrogens is 1. The number of nitrogens with zero attached hydrogens (tertiary/aromatic N) is 1. The van der Waals surface area contributed by atoms with Crippen molar-refractivity contribution < 1.29 is 4.79 Å². The molecule has 0 aliphatic carbocycles. The standard InChI is InChI=1S/C17H23N3O/c1-2-11-20(12-14-6-4-9-18-14)17(21)15-7-3-5-13-8-10-19-16(13)15/h3,5,7-8,10,14,18-19H,2,4,6,9,11-12H2,1H3. The van der Waals surface area contributed by atoms with E-state index in [0.29, 0.717) is 6.04 Å². The van der Waals surface area contributed by atoms with Crippen molar-refractivity contribution in [3.8, 4) is 0 Å². The molecule has 3 rings (SSSR count). The first kappa shape index (κ1) is 14.1. The molecule has 0 spiro atoms. The molecule has 0 radical (unpaired) electrons. The number of hydrogen-bond acceptors (Lipinski definition) is 2. The topological polar surface area (TPSA) is 48.1 Å². The molecule has 4 heteroatoms. The lowest BCUT2D eigenvalue weighted by Crippen LogP contribution is -2.41. The van der Waals surface area contributed by atoms with Crippen molar-refractivity contribution in [3.05, 3.63) is 36.0 Å². The summed E-state index contributed by atoms with van der Waals surface area (Å²) in [5.41, 5.74) is 1.73. The van der Waals surface area contributed by atoms with Crippen LogP contribution in [0.3, 0.4) is 0 Å². The van der Waals surface area contributed by atoms with E-state index in [9.17, 15) is 4.79 Å². The number of fused-ring (bicyclic) bond motifs is 1. The molecule has 1 saturated heterocycles. The smallest absolute Gasteiger partial charge is 0.256 e. The van der Waals surface area contributed by atoms with E-state index in [1.165, 1.54) is 12.8 Å². The van der Waals surface area contributed by atoms with E-state index in [4.69, 9.17) is 0 Å². The first-order valence-corrected chi connectivity index (χ1v) is 7.88. The Morgan fingerprint density at radius 2 is 2.29 bits per heavy atom. The van der Waals surface area contributed by atoms with E-state index < -0.39 is 0 Å². The lowest BCUT2D eigenvalue weighted by atomic mass is 10.1. The third-order valence-corrected chi connectivity index (χ3v) is 4.20. The van der Waals surface area contributed by atoms with Crippen LogP contribution in [0, 0.1) is 0 Å². The van der Waals surface area contributed by atoms with Crippen LogP contribution in [0.2, 0.25) is 0 Å². The Morgan fingerprint density at radius 1 is 1.38 bits per heavy atom. The maximum absolute atomic E-state index is 12.9. The number of nitrogens with one attached hydrogen (secondary N) is 2. The van der Waals surface area contributed by atoms with Crippen molar-refractivity contribution in [3.63, 3.8) is 0 Å². The van der Waals surface area contributed by atoms with Crippen molar-refractivity contribution >= 4 is 16.8 Å². The van der Waals surface area contributed by atoms with E-state index in [2.05, 4.69) is 17.2 Å². The largest absolute Gasteiger partial charge is 0.361 e. The Kier molecular flexibility index (Phi) is 4.25. The molecule has 2 N–H and O–H groups in total. The van der Waals surface area contributed by atoms with Gasteiger partial charge < -0.3 is 15.2 Å². The lowest BCUT2D eigenvalue weighted by molar-refractivity contribution is 0.0743. The quantitative estimate of drug-likeness (QED) is 0.887. The highest BCUT2D eigenvalue weighted by atomic mass is 16.2. The molecule has 1 aliphatic rings. The third-order valence-electron chi connectivity index (χ3n) is 4.20. The monoisotopic (exact) mass is 285 g/mol. The third kappa shape index (κ3) is 2.95. The molecule has 1 aromatic heterocycles. The number of para-hydroxylation sites is 1. The summed E-state index contributed by atoms with van der Waals surface area (Å²) in [5.74, 6) is 0.138. The second-order valence-corrected chi connectivity index (χ2v) is 5.79. The summed E-state index contributed by atoms with van der Waals surface area (Å²) in [6.07, 6.45) is 5.26. The molecule has 112 valence electrons. The van der Waals surface area contributed by atoms with Crippen LogP contribution in [0.1, 0.15) is 36.5 Å². The fourth-order valence-corrected chi connectivity index (χ4v) is 3.16. The fourth-order valence-electron chi connectivity index (χ4n) is 3.16. The van der Waals surface area contributed by atoms with Crippen LogP contribution >= 0.6 is 0 Å². The van der Waals surface area contributed by atoms with Gasteiger partial charge in [0.2, 0.25) is 0 Å². The molecule has 1 amide bonds. The maximum Gasteiger partial charge on any atom is 0.256 e. The lowest BCUT2D eigenvalue weighted by Gasteiger charge is -2.26. The van der Waals surface area contributed by atoms with Crippen molar-refractivity contribution in [2.45, 2.75) is 32.2 Å². The average molecular weight is 285 g/mol. The molecule has 2 aromatic rings. The van der Waals surface area contributed by atoms with Crippen LogP contribution in [0.15, 0.2) is 30.5 Å². The molecule has 1 atom stereocenters. The average Bonchev–Trinajstić information content (AvgIpc) is 3.16. The van der Waals surface area contributed by atoms with Crippen LogP contribution in [0.5, 0.6) is 0 Å². The molecular formula is C17H23N3O. The molecule has 0 saturated carbocycles. The van der Waals surface area contributed by atoms with E-state index in [1.807, 2.05) is 35.4 Å². The summed E-state index contributed by atoms with van der Waals surface area (Å²) >= 11 is 0. The predicted octanol–water partition coefficient (Wildman–Crippen LogP) is 2.77. The second-order valence-electron chi connectivity index (χ2n) is 5.79.